The van der Waals surface area contributed by atoms with E-state index in [1.807, 2.05) is 121 Å². The quantitative estimate of drug-likeness (QED) is 0.0127. The Hall–Kier alpha value is -9.17. The molecule has 7 aromatic carbocycles. The van der Waals surface area contributed by atoms with Gasteiger partial charge in [0, 0.05) is 90.8 Å². The van der Waals surface area contributed by atoms with Crippen molar-refractivity contribution in [1.82, 2.24) is 20.9 Å². The summed E-state index contributed by atoms with van der Waals surface area (Å²) in [5.74, 6) is -0.163. The summed E-state index contributed by atoms with van der Waals surface area (Å²) in [6.07, 6.45) is 13.0. The lowest BCUT2D eigenvalue weighted by Crippen LogP contribution is -2.33. The minimum absolute atomic E-state index is 0.0797. The third kappa shape index (κ3) is 13.6. The highest BCUT2D eigenvalue weighted by Gasteiger charge is 2.22. The molecule has 14 nitrogen and oxygen atoms in total. The third-order valence-electron chi connectivity index (χ3n) is 14.1. The van der Waals surface area contributed by atoms with Crippen LogP contribution in [0, 0.1) is 6.92 Å². The van der Waals surface area contributed by atoms with E-state index in [4.69, 9.17) is 32.9 Å². The number of fused-ring (bicyclic) bond motifs is 2. The minimum atomic E-state index is -0.0833. The summed E-state index contributed by atoms with van der Waals surface area (Å²) in [6.45, 7) is 7.14. The first-order valence-electron chi connectivity index (χ1n) is 27.1. The Bertz CT molecular complexity index is 3500. The SMILES string of the molecule is CC1=CC(=Nc2cc(N)c(N)cc2Nc2ccccc2)CC=C1NCCCCCCNC(=O)c1ccc(-c2ccc(C(=O)NCCCCCCNc3cc4c(cc3C)nc3cc(N)c(N)cc3[n+]4-c3ccccc3)cc2)cc1. The van der Waals surface area contributed by atoms with Gasteiger partial charge in [-0.3, -0.25) is 14.6 Å². The fourth-order valence-corrected chi connectivity index (χ4v) is 9.71. The first kappa shape index (κ1) is 53.6. The van der Waals surface area contributed by atoms with E-state index in [-0.39, 0.29) is 11.8 Å². The Morgan fingerprint density at radius 3 is 1.69 bits per heavy atom. The Kier molecular flexibility index (Phi) is 17.6. The molecular formula is C64H71N12O2+. The molecule has 0 unspecified atom stereocenters. The van der Waals surface area contributed by atoms with Gasteiger partial charge >= 0.3 is 0 Å². The lowest BCUT2D eigenvalue weighted by Gasteiger charge is -2.17. The second-order valence-corrected chi connectivity index (χ2v) is 20.0. The van der Waals surface area contributed by atoms with Gasteiger partial charge in [-0.25, -0.2) is 4.98 Å². The largest absolute Gasteiger partial charge is 0.397 e. The van der Waals surface area contributed by atoms with Crippen molar-refractivity contribution < 1.29 is 14.2 Å². The number of hydrogen-bond donors (Lipinski definition) is 9. The van der Waals surface area contributed by atoms with Gasteiger partial charge in [-0.05, 0) is 129 Å². The molecular weight excluding hydrogens is 969 g/mol. The molecule has 0 fully saturated rings. The molecule has 1 aromatic heterocycles. The van der Waals surface area contributed by atoms with Crippen LogP contribution in [0.5, 0.6) is 0 Å². The number of aryl methyl sites for hydroxylation is 1. The predicted molar refractivity (Wildman–Crippen MR) is 323 cm³/mol. The van der Waals surface area contributed by atoms with Gasteiger partial charge in [0.1, 0.15) is 11.0 Å². The van der Waals surface area contributed by atoms with Crippen LogP contribution in [0.4, 0.5) is 45.5 Å². The number of anilines is 7. The van der Waals surface area contributed by atoms with Crippen molar-refractivity contribution in [3.8, 4) is 16.8 Å². The van der Waals surface area contributed by atoms with Crippen molar-refractivity contribution >= 4 is 85.1 Å². The Morgan fingerprint density at radius 2 is 1.08 bits per heavy atom. The van der Waals surface area contributed by atoms with E-state index in [1.165, 1.54) is 0 Å². The molecule has 1 aliphatic carbocycles. The standard InChI is InChI=1S/C64H70N12O2/c1-42-35-49(74-58-38-52(66)51(65)37-57(58)73-48-17-9-7-10-18-48)29-30-55(42)69-31-13-3-5-15-33-71-63(77)46-25-21-44(22-26-46)45-23-27-47(28-24-45)64(78)72-34-16-6-4-14-32-70-56-41-62-59(36-43(56)2)75-60-39-53(67)54(68)40-61(60)76(62)50-19-11-8-12-20-50/h7-12,17-28,30,35-41,69H,3-6,13-16,29,31-34H2,1-2H3,(H11,65,66,67,68,70,71,72,73,75,77,78)/p+1. The topological polar surface area (TPSA) is 228 Å². The molecule has 398 valence electrons. The number of aliphatic imine (C=N–C) groups is 1. The highest BCUT2D eigenvalue weighted by Crippen LogP contribution is 2.35. The molecule has 9 rings (SSSR count). The zero-order valence-electron chi connectivity index (χ0n) is 44.7. The molecule has 13 N–H and O–H groups in total. The summed E-state index contributed by atoms with van der Waals surface area (Å²) in [6, 6.07) is 47.0. The van der Waals surface area contributed by atoms with Crippen LogP contribution in [0.2, 0.25) is 0 Å². The first-order valence-corrected chi connectivity index (χ1v) is 27.1. The number of hydrogen-bond acceptors (Lipinski definition) is 11. The Balaban J connectivity index is 0.639. The van der Waals surface area contributed by atoms with Crippen molar-refractivity contribution in [2.24, 2.45) is 4.99 Å². The van der Waals surface area contributed by atoms with E-state index in [1.54, 1.807) is 0 Å². The number of carbonyl (C=O) groups is 2. The van der Waals surface area contributed by atoms with Crippen LogP contribution < -0.4 is 54.1 Å². The van der Waals surface area contributed by atoms with Crippen molar-refractivity contribution in [3.05, 3.63) is 186 Å². The van der Waals surface area contributed by atoms with E-state index < -0.39 is 0 Å². The number of unbranched alkanes of at least 4 members (excludes halogenated alkanes) is 6. The Labute approximate surface area is 457 Å². The first-order chi connectivity index (χ1) is 38.0. The van der Waals surface area contributed by atoms with Crippen molar-refractivity contribution in [1.29, 1.82) is 0 Å². The Morgan fingerprint density at radius 1 is 0.551 bits per heavy atom. The summed E-state index contributed by atoms with van der Waals surface area (Å²) in [5.41, 5.74) is 42.4. The maximum atomic E-state index is 13.0. The average molecular weight is 1040 g/mol. The molecule has 14 heteroatoms. The number of nitrogens with two attached hydrogens (primary N) is 4. The molecule has 0 spiro atoms. The number of amides is 2. The van der Waals surface area contributed by atoms with Gasteiger partial charge in [0.2, 0.25) is 16.7 Å². The molecule has 1 aliphatic rings. The molecule has 8 aromatic rings. The number of carbonyl (C=O) groups excluding carboxylic acids is 2. The molecule has 0 atom stereocenters. The fourth-order valence-electron chi connectivity index (χ4n) is 9.71. The summed E-state index contributed by atoms with van der Waals surface area (Å²) < 4.78 is 2.19. The number of nitrogens with zero attached hydrogens (tertiary/aromatic N) is 3. The van der Waals surface area contributed by atoms with E-state index >= 15 is 0 Å². The summed E-state index contributed by atoms with van der Waals surface area (Å²) >= 11 is 0. The predicted octanol–water partition coefficient (Wildman–Crippen LogP) is 12.0. The van der Waals surface area contributed by atoms with Gasteiger partial charge < -0.3 is 49.5 Å². The normalized spacial score (nSPS) is 12.8. The van der Waals surface area contributed by atoms with Gasteiger partial charge in [0.15, 0.2) is 0 Å². The van der Waals surface area contributed by atoms with Crippen LogP contribution in [0.3, 0.4) is 0 Å². The van der Waals surface area contributed by atoms with Crippen LogP contribution in [-0.4, -0.2) is 48.7 Å². The molecule has 0 radical (unpaired) electrons. The van der Waals surface area contributed by atoms with Gasteiger partial charge in [0.25, 0.3) is 11.8 Å². The van der Waals surface area contributed by atoms with Crippen LogP contribution in [-0.2, 0) is 0 Å². The van der Waals surface area contributed by atoms with Crippen LogP contribution >= 0.6 is 0 Å². The summed E-state index contributed by atoms with van der Waals surface area (Å²) in [5, 5.41) is 16.8. The summed E-state index contributed by atoms with van der Waals surface area (Å²) in [4.78, 5) is 35.9. The average Bonchev–Trinajstić information content (AvgIpc) is 3.60. The van der Waals surface area contributed by atoms with E-state index in [2.05, 4.69) is 81.4 Å². The lowest BCUT2D eigenvalue weighted by molar-refractivity contribution is -0.538. The van der Waals surface area contributed by atoms with Crippen LogP contribution in [0.1, 0.15) is 91.0 Å². The van der Waals surface area contributed by atoms with Crippen LogP contribution in [0.25, 0.3) is 38.9 Å². The maximum absolute atomic E-state index is 13.0. The number of allylic oxidation sites excluding steroid dienone is 3. The minimum Gasteiger partial charge on any atom is -0.397 e. The van der Waals surface area contributed by atoms with Crippen molar-refractivity contribution in [2.75, 3.05) is 59.7 Å². The molecule has 0 saturated heterocycles. The molecule has 0 saturated carbocycles. The van der Waals surface area contributed by atoms with Crippen molar-refractivity contribution in [3.63, 3.8) is 0 Å². The number of nitrogen functional groups attached to an aromatic ring is 4. The molecule has 1 heterocycles. The molecule has 78 heavy (non-hydrogen) atoms. The second kappa shape index (κ2) is 25.6. The van der Waals surface area contributed by atoms with Gasteiger partial charge in [-0.2, -0.15) is 0 Å². The molecule has 0 bridgehead atoms. The van der Waals surface area contributed by atoms with Gasteiger partial charge in [-0.15, -0.1) is 4.57 Å². The van der Waals surface area contributed by atoms with Crippen molar-refractivity contribution in [2.45, 2.75) is 71.6 Å². The number of nitrogens with one attached hydrogen (secondary N) is 5. The lowest BCUT2D eigenvalue weighted by atomic mass is 10.0. The number of benzene rings is 7. The fraction of sp³-hybridized carbons (Fsp3) is 0.234. The van der Waals surface area contributed by atoms with Gasteiger partial charge in [0.05, 0.1) is 34.1 Å². The second-order valence-electron chi connectivity index (χ2n) is 20.0. The van der Waals surface area contributed by atoms with Crippen LogP contribution in [0.15, 0.2) is 174 Å². The number of aromatic nitrogens is 2. The number of para-hydroxylation sites is 2. The summed E-state index contributed by atoms with van der Waals surface area (Å²) in [7, 11) is 0. The third-order valence-corrected chi connectivity index (χ3v) is 14.1. The van der Waals surface area contributed by atoms with E-state index in [0.29, 0.717) is 53.4 Å². The molecule has 0 aliphatic heterocycles. The van der Waals surface area contributed by atoms with E-state index in [0.717, 1.165) is 149 Å². The highest BCUT2D eigenvalue weighted by atomic mass is 16.2. The maximum Gasteiger partial charge on any atom is 0.251 e. The highest BCUT2D eigenvalue weighted by molar-refractivity contribution is 6.01. The smallest absolute Gasteiger partial charge is 0.251 e. The zero-order chi connectivity index (χ0) is 54.4. The van der Waals surface area contributed by atoms with E-state index in [9.17, 15) is 9.59 Å². The zero-order valence-corrected chi connectivity index (χ0v) is 44.7. The molecule has 2 amide bonds. The number of rotatable bonds is 23. The monoisotopic (exact) mass is 1040 g/mol. The van der Waals surface area contributed by atoms with Gasteiger partial charge in [-0.1, -0.05) is 92.4 Å².